The molecule has 3 heteroatoms. The van der Waals surface area contributed by atoms with Gasteiger partial charge >= 0.3 is 5.97 Å². The van der Waals surface area contributed by atoms with Crippen molar-refractivity contribution >= 4 is 5.97 Å². The molecule has 1 N–H and O–H groups in total. The lowest BCUT2D eigenvalue weighted by molar-refractivity contribution is -0.137. The Morgan fingerprint density at radius 3 is 1.96 bits per heavy atom. The summed E-state index contributed by atoms with van der Waals surface area (Å²) < 4.78 is 5.65. The number of carboxylic acids is 1. The Hall–Kier alpha value is -0.830. The second kappa shape index (κ2) is 19.2. The molecule has 0 atom stereocenters. The fourth-order valence-corrected chi connectivity index (χ4v) is 2.50. The topological polar surface area (TPSA) is 46.5 Å². The minimum atomic E-state index is -0.676. The summed E-state index contributed by atoms with van der Waals surface area (Å²) in [5, 5.41) is 8.53. The van der Waals surface area contributed by atoms with E-state index in [0.29, 0.717) is 6.42 Å². The van der Waals surface area contributed by atoms with E-state index in [1.165, 1.54) is 44.9 Å². The van der Waals surface area contributed by atoms with E-state index >= 15 is 0 Å². The predicted octanol–water partition coefficient (Wildman–Crippen LogP) is 6.13. The van der Waals surface area contributed by atoms with Gasteiger partial charge in [0.25, 0.3) is 0 Å². The molecule has 0 rings (SSSR count). The van der Waals surface area contributed by atoms with Gasteiger partial charge in [0.2, 0.25) is 0 Å². The van der Waals surface area contributed by atoms with Crippen molar-refractivity contribution in [3.63, 3.8) is 0 Å². The highest BCUT2D eigenvalue weighted by atomic mass is 16.5. The van der Waals surface area contributed by atoms with Gasteiger partial charge in [-0.25, -0.2) is 0 Å². The molecule has 0 bridgehead atoms. The minimum absolute atomic E-state index is 0.316. The molecule has 0 aromatic carbocycles. The van der Waals surface area contributed by atoms with Gasteiger partial charge in [-0.05, 0) is 44.9 Å². The predicted molar refractivity (Wildman–Crippen MR) is 97.9 cm³/mol. The van der Waals surface area contributed by atoms with Gasteiger partial charge in [-0.2, -0.15) is 0 Å². The Bertz CT molecular complexity index is 274. The van der Waals surface area contributed by atoms with Crippen LogP contribution in [0.1, 0.15) is 96.8 Å². The van der Waals surface area contributed by atoms with Crippen LogP contribution in [-0.4, -0.2) is 24.3 Å². The largest absolute Gasteiger partial charge is 0.481 e. The van der Waals surface area contributed by atoms with Crippen molar-refractivity contribution in [1.82, 2.24) is 0 Å². The normalized spacial score (nSPS) is 11.3. The Balaban J connectivity index is 3.07. The third-order valence-electron chi connectivity index (χ3n) is 3.98. The van der Waals surface area contributed by atoms with Gasteiger partial charge in [-0.15, -0.1) is 0 Å². The van der Waals surface area contributed by atoms with E-state index in [9.17, 15) is 4.79 Å². The molecule has 0 aliphatic heterocycles. The van der Waals surface area contributed by atoms with Gasteiger partial charge in [0.15, 0.2) is 0 Å². The summed E-state index contributed by atoms with van der Waals surface area (Å²) in [4.78, 5) is 10.4. The highest BCUT2D eigenvalue weighted by Gasteiger charge is 1.95. The summed E-state index contributed by atoms with van der Waals surface area (Å²) >= 11 is 0. The summed E-state index contributed by atoms with van der Waals surface area (Å²) in [5.74, 6) is -0.676. The van der Waals surface area contributed by atoms with Crippen LogP contribution in [0, 0.1) is 0 Å². The molecule has 0 aromatic heterocycles. The van der Waals surface area contributed by atoms with Gasteiger partial charge in [0, 0.05) is 19.6 Å². The van der Waals surface area contributed by atoms with Crippen LogP contribution in [0.4, 0.5) is 0 Å². The average molecular weight is 327 g/mol. The molecule has 0 saturated heterocycles. The number of aliphatic carboxylic acids is 1. The fraction of sp³-hybridized carbons (Fsp3) is 0.850. The zero-order valence-corrected chi connectivity index (χ0v) is 15.2. The molecule has 0 aromatic rings. The second-order valence-corrected chi connectivity index (χ2v) is 6.34. The van der Waals surface area contributed by atoms with Crippen molar-refractivity contribution < 1.29 is 14.6 Å². The third kappa shape index (κ3) is 21.2. The summed E-state index contributed by atoms with van der Waals surface area (Å²) in [7, 11) is 0. The molecule has 0 aliphatic carbocycles. The summed E-state index contributed by atoms with van der Waals surface area (Å²) in [6.07, 6.45) is 20.2. The number of unbranched alkanes of at least 4 members (excludes halogenated alkanes) is 10. The zero-order valence-electron chi connectivity index (χ0n) is 15.2. The SMILES string of the molecule is CCCCCCCOCCCC/C=C\CCCCCCC(=O)O. The van der Waals surface area contributed by atoms with Crippen molar-refractivity contribution in [3.05, 3.63) is 12.2 Å². The van der Waals surface area contributed by atoms with Crippen molar-refractivity contribution in [3.8, 4) is 0 Å². The Morgan fingerprint density at radius 2 is 1.30 bits per heavy atom. The highest BCUT2D eigenvalue weighted by molar-refractivity contribution is 5.66. The molecule has 0 fully saturated rings. The van der Waals surface area contributed by atoms with Crippen LogP contribution in [0.25, 0.3) is 0 Å². The van der Waals surface area contributed by atoms with Gasteiger partial charge in [0.05, 0.1) is 0 Å². The first-order valence-corrected chi connectivity index (χ1v) is 9.72. The number of ether oxygens (including phenoxy) is 1. The number of carboxylic acid groups (broad SMARTS) is 1. The lowest BCUT2D eigenvalue weighted by Gasteiger charge is -2.03. The van der Waals surface area contributed by atoms with Crippen molar-refractivity contribution in [1.29, 1.82) is 0 Å². The van der Waals surface area contributed by atoms with E-state index < -0.39 is 5.97 Å². The maximum atomic E-state index is 10.4. The standard InChI is InChI=1S/C20H38O3/c1-2-3-4-12-15-18-23-19-16-13-10-8-6-5-7-9-11-14-17-20(21)22/h6,8H,2-5,7,9-19H2,1H3,(H,21,22)/b8-6-. The molecule has 23 heavy (non-hydrogen) atoms. The number of hydrogen-bond acceptors (Lipinski definition) is 2. The van der Waals surface area contributed by atoms with E-state index in [1.54, 1.807) is 0 Å². The van der Waals surface area contributed by atoms with Crippen LogP contribution >= 0.6 is 0 Å². The minimum Gasteiger partial charge on any atom is -0.481 e. The fourth-order valence-electron chi connectivity index (χ4n) is 2.50. The Kier molecular flexibility index (Phi) is 18.5. The molecule has 0 unspecified atom stereocenters. The molecule has 3 nitrogen and oxygen atoms in total. The first kappa shape index (κ1) is 22.2. The number of rotatable bonds is 18. The van der Waals surface area contributed by atoms with Crippen LogP contribution in [-0.2, 0) is 9.53 Å². The van der Waals surface area contributed by atoms with E-state index in [0.717, 1.165) is 51.7 Å². The number of carbonyl (C=O) groups is 1. The van der Waals surface area contributed by atoms with Crippen molar-refractivity contribution in [2.75, 3.05) is 13.2 Å². The van der Waals surface area contributed by atoms with Crippen LogP contribution in [0.2, 0.25) is 0 Å². The maximum Gasteiger partial charge on any atom is 0.303 e. The quantitative estimate of drug-likeness (QED) is 0.243. The average Bonchev–Trinajstić information content (AvgIpc) is 2.53. The van der Waals surface area contributed by atoms with Gasteiger partial charge in [0.1, 0.15) is 0 Å². The Morgan fingerprint density at radius 1 is 0.783 bits per heavy atom. The van der Waals surface area contributed by atoms with Crippen LogP contribution in [0.15, 0.2) is 12.2 Å². The Labute approximate surface area is 143 Å². The monoisotopic (exact) mass is 326 g/mol. The molecule has 0 aliphatic rings. The van der Waals surface area contributed by atoms with Gasteiger partial charge in [-0.3, -0.25) is 4.79 Å². The summed E-state index contributed by atoms with van der Waals surface area (Å²) in [6.45, 7) is 4.08. The zero-order chi connectivity index (χ0) is 17.0. The molecule has 136 valence electrons. The molecular weight excluding hydrogens is 288 g/mol. The van der Waals surface area contributed by atoms with E-state index in [2.05, 4.69) is 19.1 Å². The van der Waals surface area contributed by atoms with E-state index in [1.807, 2.05) is 0 Å². The summed E-state index contributed by atoms with van der Waals surface area (Å²) in [6, 6.07) is 0. The second-order valence-electron chi connectivity index (χ2n) is 6.34. The van der Waals surface area contributed by atoms with Crippen LogP contribution in [0.3, 0.4) is 0 Å². The van der Waals surface area contributed by atoms with Crippen molar-refractivity contribution in [2.24, 2.45) is 0 Å². The molecule has 0 heterocycles. The summed E-state index contributed by atoms with van der Waals surface area (Å²) in [5.41, 5.74) is 0. The van der Waals surface area contributed by atoms with Crippen LogP contribution < -0.4 is 0 Å². The van der Waals surface area contributed by atoms with Gasteiger partial charge in [-0.1, -0.05) is 57.6 Å². The highest BCUT2D eigenvalue weighted by Crippen LogP contribution is 2.07. The van der Waals surface area contributed by atoms with Crippen LogP contribution in [0.5, 0.6) is 0 Å². The molecule has 0 saturated carbocycles. The first-order valence-electron chi connectivity index (χ1n) is 9.72. The third-order valence-corrected chi connectivity index (χ3v) is 3.98. The van der Waals surface area contributed by atoms with Gasteiger partial charge < -0.3 is 9.84 Å². The smallest absolute Gasteiger partial charge is 0.303 e. The lowest BCUT2D eigenvalue weighted by Crippen LogP contribution is -1.96. The molecule has 0 amide bonds. The molecule has 0 radical (unpaired) electrons. The maximum absolute atomic E-state index is 10.4. The molecular formula is C20H38O3. The van der Waals surface area contributed by atoms with Crippen molar-refractivity contribution in [2.45, 2.75) is 96.8 Å². The van der Waals surface area contributed by atoms with E-state index in [4.69, 9.17) is 9.84 Å². The lowest BCUT2D eigenvalue weighted by atomic mass is 10.1. The van der Waals surface area contributed by atoms with E-state index in [-0.39, 0.29) is 0 Å². The first-order chi connectivity index (χ1) is 11.3. The number of hydrogen-bond donors (Lipinski definition) is 1. The number of allylic oxidation sites excluding steroid dienone is 2. The molecule has 0 spiro atoms.